The molecule has 4 aromatic rings. The van der Waals surface area contributed by atoms with Crippen LogP contribution in [0.5, 0.6) is 0 Å². The summed E-state index contributed by atoms with van der Waals surface area (Å²) in [5.74, 6) is -1.44. The molecule has 8 nitrogen and oxygen atoms in total. The van der Waals surface area contributed by atoms with E-state index in [1.807, 2.05) is 6.07 Å². The number of aromatic amines is 1. The number of nitrogens with one attached hydrogen (secondary N) is 3. The second-order valence-electron chi connectivity index (χ2n) is 7.69. The second kappa shape index (κ2) is 7.46. The lowest BCUT2D eigenvalue weighted by atomic mass is 10.0. The topological polar surface area (TPSA) is 111 Å². The third-order valence-corrected chi connectivity index (χ3v) is 5.74. The smallest absolute Gasteiger partial charge is 0.231 e. The Morgan fingerprint density at radius 3 is 2.94 bits per heavy atom. The molecule has 1 fully saturated rings. The minimum atomic E-state index is -1.10. The first-order chi connectivity index (χ1) is 15.4. The Labute approximate surface area is 185 Å². The Morgan fingerprint density at radius 1 is 1.44 bits per heavy atom. The largest absolute Gasteiger partial charge is 0.366 e. The summed E-state index contributed by atoms with van der Waals surface area (Å²) < 4.78 is 29.9. The molecule has 3 heterocycles. The van der Waals surface area contributed by atoms with E-state index in [-0.39, 0.29) is 17.1 Å². The fourth-order valence-corrected chi connectivity index (χ4v) is 3.94. The number of rotatable bonds is 5. The van der Waals surface area contributed by atoms with Gasteiger partial charge in [0, 0.05) is 22.7 Å². The lowest BCUT2D eigenvalue weighted by Gasteiger charge is -2.15. The van der Waals surface area contributed by atoms with Gasteiger partial charge in [-0.15, -0.1) is 0 Å². The summed E-state index contributed by atoms with van der Waals surface area (Å²) in [6, 6.07) is 4.78. The molecule has 1 aromatic carbocycles. The molecule has 0 saturated heterocycles. The number of halogens is 3. The van der Waals surface area contributed by atoms with Crippen molar-refractivity contribution in [2.75, 3.05) is 10.6 Å². The van der Waals surface area contributed by atoms with Crippen LogP contribution in [-0.4, -0.2) is 37.7 Å². The van der Waals surface area contributed by atoms with Gasteiger partial charge >= 0.3 is 0 Å². The number of anilines is 2. The first kappa shape index (κ1) is 20.2. The van der Waals surface area contributed by atoms with E-state index < -0.39 is 29.9 Å². The van der Waals surface area contributed by atoms with Crippen LogP contribution in [0, 0.1) is 23.1 Å². The van der Waals surface area contributed by atoms with Gasteiger partial charge in [-0.25, -0.2) is 13.8 Å². The van der Waals surface area contributed by atoms with E-state index in [2.05, 4.69) is 25.8 Å². The SMILES string of the molecule is CC(C#N)Nc1c(F)c(Cl)c(-c2ccc3nc(NC(=O)[C@@H]4C[C@@H]4F)cn3c2)c2cn[nH]c12. The number of H-pyrrole nitrogens is 1. The molecular weight excluding hydrogens is 440 g/mol. The van der Waals surface area contributed by atoms with Crippen LogP contribution in [-0.2, 0) is 4.79 Å². The van der Waals surface area contributed by atoms with Gasteiger partial charge in [-0.3, -0.25) is 9.89 Å². The van der Waals surface area contributed by atoms with Crippen LogP contribution < -0.4 is 10.6 Å². The number of alkyl halides is 1. The highest BCUT2D eigenvalue weighted by Crippen LogP contribution is 2.41. The first-order valence-corrected chi connectivity index (χ1v) is 10.2. The van der Waals surface area contributed by atoms with Crippen LogP contribution in [0.2, 0.25) is 5.02 Å². The number of pyridine rings is 1. The summed E-state index contributed by atoms with van der Waals surface area (Å²) in [6.07, 6.45) is 3.96. The van der Waals surface area contributed by atoms with Gasteiger partial charge in [-0.2, -0.15) is 10.4 Å². The fourth-order valence-electron chi connectivity index (χ4n) is 3.63. The molecule has 0 radical (unpaired) electrons. The molecule has 0 spiro atoms. The van der Waals surface area contributed by atoms with Crippen molar-refractivity contribution in [2.45, 2.75) is 25.6 Å². The monoisotopic (exact) mass is 455 g/mol. The minimum absolute atomic E-state index is 0.0697. The van der Waals surface area contributed by atoms with E-state index in [1.54, 1.807) is 35.9 Å². The number of amides is 1. The van der Waals surface area contributed by atoms with E-state index in [1.165, 1.54) is 6.20 Å². The number of carbonyl (C=O) groups is 1. The Balaban J connectivity index is 1.56. The minimum Gasteiger partial charge on any atom is -0.366 e. The van der Waals surface area contributed by atoms with Gasteiger partial charge in [0.25, 0.3) is 0 Å². The van der Waals surface area contributed by atoms with Crippen LogP contribution in [0.15, 0.2) is 30.7 Å². The van der Waals surface area contributed by atoms with E-state index in [0.29, 0.717) is 33.5 Å². The van der Waals surface area contributed by atoms with Crippen LogP contribution in [0.4, 0.5) is 20.3 Å². The summed E-state index contributed by atoms with van der Waals surface area (Å²) >= 11 is 6.42. The average molecular weight is 456 g/mol. The number of imidazole rings is 1. The number of carbonyl (C=O) groups excluding carboxylic acids is 1. The van der Waals surface area contributed by atoms with E-state index >= 15 is 4.39 Å². The molecule has 162 valence electrons. The van der Waals surface area contributed by atoms with Gasteiger partial charge in [-0.1, -0.05) is 11.6 Å². The molecule has 0 aliphatic heterocycles. The molecule has 1 unspecified atom stereocenters. The molecule has 1 aliphatic rings. The van der Waals surface area contributed by atoms with Crippen molar-refractivity contribution in [3.63, 3.8) is 0 Å². The highest BCUT2D eigenvalue weighted by Gasteiger charge is 2.43. The van der Waals surface area contributed by atoms with Crippen LogP contribution in [0.1, 0.15) is 13.3 Å². The number of hydrogen-bond donors (Lipinski definition) is 3. The van der Waals surface area contributed by atoms with Gasteiger partial charge in [0.05, 0.1) is 40.6 Å². The van der Waals surface area contributed by atoms with Crippen molar-refractivity contribution in [1.29, 1.82) is 5.26 Å². The number of fused-ring (bicyclic) bond motifs is 2. The van der Waals surface area contributed by atoms with Crippen molar-refractivity contribution in [3.8, 4) is 17.2 Å². The quantitative estimate of drug-likeness (QED) is 0.415. The van der Waals surface area contributed by atoms with Gasteiger partial charge in [0.15, 0.2) is 11.6 Å². The molecule has 1 aliphatic carbocycles. The van der Waals surface area contributed by atoms with Gasteiger partial charge < -0.3 is 15.0 Å². The summed E-state index contributed by atoms with van der Waals surface area (Å²) in [5.41, 5.74) is 2.00. The zero-order valence-electron chi connectivity index (χ0n) is 16.7. The summed E-state index contributed by atoms with van der Waals surface area (Å²) in [5, 5.41) is 21.7. The molecule has 3 N–H and O–H groups in total. The molecule has 1 amide bonds. The van der Waals surface area contributed by atoms with E-state index in [9.17, 15) is 9.18 Å². The van der Waals surface area contributed by atoms with Crippen LogP contribution in [0.25, 0.3) is 27.7 Å². The van der Waals surface area contributed by atoms with Crippen molar-refractivity contribution >= 4 is 45.6 Å². The number of benzene rings is 1. The summed E-state index contributed by atoms with van der Waals surface area (Å²) in [4.78, 5) is 16.3. The normalized spacial score (nSPS) is 18.5. The van der Waals surface area contributed by atoms with E-state index in [4.69, 9.17) is 16.9 Å². The van der Waals surface area contributed by atoms with Gasteiger partial charge in [0.2, 0.25) is 5.91 Å². The molecule has 0 bridgehead atoms. The van der Waals surface area contributed by atoms with Crippen molar-refractivity contribution in [3.05, 3.63) is 41.6 Å². The predicted octanol–water partition coefficient (Wildman–Crippen LogP) is 4.29. The van der Waals surface area contributed by atoms with Crippen molar-refractivity contribution < 1.29 is 13.6 Å². The maximum atomic E-state index is 15.2. The predicted molar refractivity (Wildman–Crippen MR) is 116 cm³/mol. The number of hydrogen-bond acceptors (Lipinski definition) is 5. The number of nitriles is 1. The Kier molecular flexibility index (Phi) is 4.71. The van der Waals surface area contributed by atoms with Crippen molar-refractivity contribution in [2.24, 2.45) is 5.92 Å². The maximum Gasteiger partial charge on any atom is 0.231 e. The molecule has 1 saturated carbocycles. The molecule has 5 rings (SSSR count). The lowest BCUT2D eigenvalue weighted by Crippen LogP contribution is -2.15. The number of aromatic nitrogens is 4. The zero-order valence-corrected chi connectivity index (χ0v) is 17.4. The Hall–Kier alpha value is -3.71. The van der Waals surface area contributed by atoms with Gasteiger partial charge in [-0.05, 0) is 25.5 Å². The second-order valence-corrected chi connectivity index (χ2v) is 8.07. The standard InChI is InChI=1S/C21H16ClF2N7O/c1-9(5-25)27-20-18(24)17(22)16(12-6-26-30-19(12)20)10-2-3-15-28-14(8-31(15)7-10)29-21(32)11-4-13(11)23/h2-3,6-9,11,13,27H,4H2,1H3,(H,26,30)(H,29,32)/t9?,11-,13+/m1/s1. The molecule has 3 aromatic heterocycles. The third-order valence-electron chi connectivity index (χ3n) is 5.39. The molecule has 32 heavy (non-hydrogen) atoms. The molecule has 3 atom stereocenters. The maximum absolute atomic E-state index is 15.2. The van der Waals surface area contributed by atoms with Crippen LogP contribution >= 0.6 is 11.6 Å². The summed E-state index contributed by atoms with van der Waals surface area (Å²) in [6.45, 7) is 1.60. The van der Waals surface area contributed by atoms with E-state index in [0.717, 1.165) is 0 Å². The lowest BCUT2D eigenvalue weighted by molar-refractivity contribution is -0.117. The Bertz CT molecular complexity index is 1420. The average Bonchev–Trinajstić information content (AvgIpc) is 3.14. The first-order valence-electron chi connectivity index (χ1n) is 9.81. The summed E-state index contributed by atoms with van der Waals surface area (Å²) in [7, 11) is 0. The van der Waals surface area contributed by atoms with Gasteiger partial charge in [0.1, 0.15) is 17.9 Å². The highest BCUT2D eigenvalue weighted by molar-refractivity contribution is 6.36. The third kappa shape index (κ3) is 3.31. The Morgan fingerprint density at radius 2 is 2.22 bits per heavy atom. The van der Waals surface area contributed by atoms with Crippen LogP contribution in [0.3, 0.4) is 0 Å². The zero-order chi connectivity index (χ0) is 22.6. The number of nitrogens with zero attached hydrogens (tertiary/aromatic N) is 4. The van der Waals surface area contributed by atoms with Crippen molar-refractivity contribution in [1.82, 2.24) is 19.6 Å². The molecule has 11 heteroatoms. The highest BCUT2D eigenvalue weighted by atomic mass is 35.5. The fraction of sp³-hybridized carbons (Fsp3) is 0.238. The molecular formula is C21H16ClF2N7O.